The fourth-order valence-corrected chi connectivity index (χ4v) is 2.77. The second kappa shape index (κ2) is 6.43. The topological polar surface area (TPSA) is 12.0 Å². The van der Waals surface area contributed by atoms with E-state index in [-0.39, 0.29) is 5.41 Å². The quantitative estimate of drug-likeness (QED) is 0.857. The Morgan fingerprint density at radius 2 is 1.60 bits per heavy atom. The van der Waals surface area contributed by atoms with Crippen LogP contribution in [0.5, 0.6) is 0 Å². The summed E-state index contributed by atoms with van der Waals surface area (Å²) < 4.78 is 0. The Kier molecular flexibility index (Phi) is 4.85. The van der Waals surface area contributed by atoms with Crippen molar-refractivity contribution in [3.8, 4) is 0 Å². The minimum absolute atomic E-state index is 0.0651. The second-order valence-corrected chi connectivity index (χ2v) is 6.20. The smallest absolute Gasteiger partial charge is 0.0406 e. The molecule has 20 heavy (non-hydrogen) atoms. The summed E-state index contributed by atoms with van der Waals surface area (Å²) in [5.74, 6) is 0. The molecule has 0 saturated heterocycles. The van der Waals surface area contributed by atoms with Crippen LogP contribution in [-0.4, -0.2) is 13.1 Å². The van der Waals surface area contributed by atoms with Crippen LogP contribution in [0.25, 0.3) is 0 Å². The predicted octanol–water partition coefficient (Wildman–Crippen LogP) is 4.45. The van der Waals surface area contributed by atoms with Gasteiger partial charge in [0.05, 0.1) is 0 Å². The molecular formula is C18H22ClN. The SMILES string of the molecule is CNC(Cc1ccc(Cl)cc1)C(C)(C)c1ccccc1. The molecule has 2 rings (SSSR count). The summed E-state index contributed by atoms with van der Waals surface area (Å²) in [6, 6.07) is 19.2. The summed E-state index contributed by atoms with van der Waals surface area (Å²) in [5.41, 5.74) is 2.72. The molecule has 1 N–H and O–H groups in total. The van der Waals surface area contributed by atoms with Gasteiger partial charge in [0.2, 0.25) is 0 Å². The molecule has 0 spiro atoms. The Morgan fingerprint density at radius 3 is 2.15 bits per heavy atom. The summed E-state index contributed by atoms with van der Waals surface area (Å²) in [7, 11) is 2.03. The van der Waals surface area contributed by atoms with Gasteiger partial charge in [-0.05, 0) is 36.7 Å². The lowest BCUT2D eigenvalue weighted by molar-refractivity contribution is 0.356. The highest BCUT2D eigenvalue weighted by Crippen LogP contribution is 2.29. The van der Waals surface area contributed by atoms with Crippen LogP contribution in [0.3, 0.4) is 0 Å². The van der Waals surface area contributed by atoms with Gasteiger partial charge in [-0.2, -0.15) is 0 Å². The highest BCUT2D eigenvalue weighted by atomic mass is 35.5. The number of hydrogen-bond donors (Lipinski definition) is 1. The van der Waals surface area contributed by atoms with Gasteiger partial charge in [-0.15, -0.1) is 0 Å². The van der Waals surface area contributed by atoms with Gasteiger partial charge in [0.15, 0.2) is 0 Å². The summed E-state index contributed by atoms with van der Waals surface area (Å²) in [4.78, 5) is 0. The molecule has 1 unspecified atom stereocenters. The minimum Gasteiger partial charge on any atom is -0.316 e. The van der Waals surface area contributed by atoms with Gasteiger partial charge in [-0.25, -0.2) is 0 Å². The molecule has 2 aromatic carbocycles. The largest absolute Gasteiger partial charge is 0.316 e. The molecule has 0 bridgehead atoms. The molecule has 0 aliphatic rings. The lowest BCUT2D eigenvalue weighted by Crippen LogP contribution is -2.44. The normalized spacial score (nSPS) is 13.2. The van der Waals surface area contributed by atoms with E-state index >= 15 is 0 Å². The molecule has 0 aliphatic carbocycles. The molecule has 0 radical (unpaired) electrons. The molecule has 1 atom stereocenters. The third kappa shape index (κ3) is 3.41. The molecule has 0 aromatic heterocycles. The van der Waals surface area contributed by atoms with Gasteiger partial charge in [0.1, 0.15) is 0 Å². The predicted molar refractivity (Wildman–Crippen MR) is 87.5 cm³/mol. The van der Waals surface area contributed by atoms with Gasteiger partial charge in [-0.3, -0.25) is 0 Å². The van der Waals surface area contributed by atoms with E-state index in [1.807, 2.05) is 19.2 Å². The Labute approximate surface area is 127 Å². The summed E-state index contributed by atoms with van der Waals surface area (Å²) in [6.07, 6.45) is 0.982. The Balaban J connectivity index is 2.21. The number of hydrogen-bond acceptors (Lipinski definition) is 1. The van der Waals surface area contributed by atoms with Crippen molar-refractivity contribution >= 4 is 11.6 Å². The maximum Gasteiger partial charge on any atom is 0.0406 e. The monoisotopic (exact) mass is 287 g/mol. The molecular weight excluding hydrogens is 266 g/mol. The average Bonchev–Trinajstić information content (AvgIpc) is 2.47. The van der Waals surface area contributed by atoms with Crippen LogP contribution in [0, 0.1) is 0 Å². The Morgan fingerprint density at radius 1 is 1.00 bits per heavy atom. The number of halogens is 1. The fraction of sp³-hybridized carbons (Fsp3) is 0.333. The van der Waals surface area contributed by atoms with Crippen molar-refractivity contribution in [1.82, 2.24) is 5.32 Å². The van der Waals surface area contributed by atoms with E-state index in [9.17, 15) is 0 Å². The first-order valence-electron chi connectivity index (χ1n) is 7.01. The number of likely N-dealkylation sites (N-methyl/N-ethyl adjacent to an activating group) is 1. The zero-order valence-corrected chi connectivity index (χ0v) is 13.1. The van der Waals surface area contributed by atoms with Crippen LogP contribution in [0.2, 0.25) is 5.02 Å². The van der Waals surface area contributed by atoms with Crippen molar-refractivity contribution in [3.63, 3.8) is 0 Å². The van der Waals surface area contributed by atoms with Crippen LogP contribution in [0.1, 0.15) is 25.0 Å². The highest BCUT2D eigenvalue weighted by molar-refractivity contribution is 6.30. The Bertz CT molecular complexity index is 531. The van der Waals surface area contributed by atoms with E-state index in [4.69, 9.17) is 11.6 Å². The van der Waals surface area contributed by atoms with Gasteiger partial charge in [-0.1, -0.05) is 67.9 Å². The maximum absolute atomic E-state index is 5.95. The van der Waals surface area contributed by atoms with Crippen molar-refractivity contribution in [2.24, 2.45) is 0 Å². The fourth-order valence-electron chi connectivity index (χ4n) is 2.64. The van der Waals surface area contributed by atoms with E-state index in [2.05, 4.69) is 61.6 Å². The molecule has 106 valence electrons. The van der Waals surface area contributed by atoms with Crippen LogP contribution >= 0.6 is 11.6 Å². The molecule has 2 aromatic rings. The second-order valence-electron chi connectivity index (χ2n) is 5.76. The van der Waals surface area contributed by atoms with E-state index < -0.39 is 0 Å². The van der Waals surface area contributed by atoms with Gasteiger partial charge in [0.25, 0.3) is 0 Å². The molecule has 0 heterocycles. The van der Waals surface area contributed by atoms with Crippen LogP contribution in [0.15, 0.2) is 54.6 Å². The number of nitrogens with one attached hydrogen (secondary N) is 1. The molecule has 2 heteroatoms. The maximum atomic E-state index is 5.95. The van der Waals surface area contributed by atoms with Gasteiger partial charge in [0, 0.05) is 16.5 Å². The molecule has 0 amide bonds. The summed E-state index contributed by atoms with van der Waals surface area (Å²) in [5, 5.41) is 4.26. The van der Waals surface area contributed by atoms with Gasteiger partial charge >= 0.3 is 0 Å². The third-order valence-electron chi connectivity index (χ3n) is 4.09. The highest BCUT2D eigenvalue weighted by Gasteiger charge is 2.30. The number of benzene rings is 2. The van der Waals surface area contributed by atoms with Crippen LogP contribution < -0.4 is 5.32 Å². The summed E-state index contributed by atoms with van der Waals surface area (Å²) >= 11 is 5.95. The van der Waals surface area contributed by atoms with Gasteiger partial charge < -0.3 is 5.32 Å². The average molecular weight is 288 g/mol. The summed E-state index contributed by atoms with van der Waals surface area (Å²) in [6.45, 7) is 4.58. The van der Waals surface area contributed by atoms with E-state index in [0.29, 0.717) is 6.04 Å². The van der Waals surface area contributed by atoms with Crippen molar-refractivity contribution in [2.75, 3.05) is 7.05 Å². The zero-order valence-electron chi connectivity index (χ0n) is 12.4. The van der Waals surface area contributed by atoms with Crippen LogP contribution in [0.4, 0.5) is 0 Å². The number of rotatable bonds is 5. The standard InChI is InChI=1S/C18H22ClN/c1-18(2,15-7-5-4-6-8-15)17(20-3)13-14-9-11-16(19)12-10-14/h4-12,17,20H,13H2,1-3H3. The van der Waals surface area contributed by atoms with Crippen molar-refractivity contribution < 1.29 is 0 Å². The third-order valence-corrected chi connectivity index (χ3v) is 4.34. The van der Waals surface area contributed by atoms with Crippen molar-refractivity contribution in [3.05, 3.63) is 70.7 Å². The van der Waals surface area contributed by atoms with E-state index in [1.54, 1.807) is 0 Å². The lowest BCUT2D eigenvalue weighted by atomic mass is 9.75. The van der Waals surface area contributed by atoms with Crippen molar-refractivity contribution in [2.45, 2.75) is 31.7 Å². The first kappa shape index (κ1) is 15.1. The first-order valence-corrected chi connectivity index (χ1v) is 7.39. The van der Waals surface area contributed by atoms with E-state index in [0.717, 1.165) is 11.4 Å². The zero-order chi connectivity index (χ0) is 14.6. The van der Waals surface area contributed by atoms with E-state index in [1.165, 1.54) is 11.1 Å². The van der Waals surface area contributed by atoms with Crippen LogP contribution in [-0.2, 0) is 11.8 Å². The minimum atomic E-state index is 0.0651. The molecule has 0 saturated carbocycles. The lowest BCUT2D eigenvalue weighted by Gasteiger charge is -2.35. The van der Waals surface area contributed by atoms with Crippen molar-refractivity contribution in [1.29, 1.82) is 0 Å². The molecule has 0 fully saturated rings. The molecule has 0 aliphatic heterocycles. The molecule has 1 nitrogen and oxygen atoms in total. The first-order chi connectivity index (χ1) is 9.54. The Hall–Kier alpha value is -1.31.